The maximum atomic E-state index is 13.1. The highest BCUT2D eigenvalue weighted by Gasteiger charge is 2.25. The fraction of sp³-hybridized carbons (Fsp3) is 0.192. The lowest BCUT2D eigenvalue weighted by Crippen LogP contribution is -2.30. The predicted octanol–water partition coefficient (Wildman–Crippen LogP) is 5.01. The first-order valence-corrected chi connectivity index (χ1v) is 12.0. The van der Waals surface area contributed by atoms with Gasteiger partial charge in [-0.05, 0) is 49.2 Å². The summed E-state index contributed by atoms with van der Waals surface area (Å²) in [5.41, 5.74) is 4.12. The number of nitrogens with zero attached hydrogens (tertiary/aromatic N) is 4. The summed E-state index contributed by atoms with van der Waals surface area (Å²) < 4.78 is 7.59. The minimum absolute atomic E-state index is 0.0763. The number of thioether (sulfide) groups is 1. The fourth-order valence-electron chi connectivity index (χ4n) is 4.03. The molecule has 5 rings (SSSR count). The van der Waals surface area contributed by atoms with Gasteiger partial charge in [-0.2, -0.15) is 0 Å². The molecular formula is C26H24N4O2S. The minimum atomic E-state index is 0.0763. The Kier molecular flexibility index (Phi) is 6.13. The van der Waals surface area contributed by atoms with Crippen molar-refractivity contribution in [2.45, 2.75) is 18.5 Å². The number of carbonyl (C=O) groups excluding carboxylic acids is 1. The molecule has 0 saturated heterocycles. The second kappa shape index (κ2) is 9.50. The van der Waals surface area contributed by atoms with Crippen molar-refractivity contribution in [1.82, 2.24) is 14.8 Å². The molecule has 0 atom stereocenters. The van der Waals surface area contributed by atoms with E-state index in [-0.39, 0.29) is 11.7 Å². The monoisotopic (exact) mass is 456 g/mol. The Balaban J connectivity index is 1.43. The molecule has 0 saturated carbocycles. The maximum Gasteiger partial charge on any atom is 0.237 e. The van der Waals surface area contributed by atoms with Crippen LogP contribution in [0.4, 0.5) is 5.69 Å². The lowest BCUT2D eigenvalue weighted by molar-refractivity contribution is -0.116. The molecule has 3 aromatic carbocycles. The molecule has 4 aromatic rings. The molecule has 0 N–H and O–H groups in total. The number of ether oxygens (including phenoxy) is 1. The van der Waals surface area contributed by atoms with Gasteiger partial charge < -0.3 is 9.64 Å². The van der Waals surface area contributed by atoms with Crippen molar-refractivity contribution in [3.05, 3.63) is 84.4 Å². The SMILES string of the molecule is CCOc1ccc(-n2c(SCC(=O)N3CCc4ccccc43)nnc2-c2ccccc2)cc1. The molecule has 33 heavy (non-hydrogen) atoms. The topological polar surface area (TPSA) is 60.2 Å². The number of hydrogen-bond acceptors (Lipinski definition) is 5. The number of fused-ring (bicyclic) bond motifs is 1. The number of carbonyl (C=O) groups is 1. The molecular weight excluding hydrogens is 432 g/mol. The van der Waals surface area contributed by atoms with Crippen molar-refractivity contribution >= 4 is 23.4 Å². The molecule has 1 aliphatic rings. The summed E-state index contributed by atoms with van der Waals surface area (Å²) in [6.45, 7) is 3.30. The highest BCUT2D eigenvalue weighted by Crippen LogP contribution is 2.31. The molecule has 0 unspecified atom stereocenters. The van der Waals surface area contributed by atoms with Crippen molar-refractivity contribution < 1.29 is 9.53 Å². The average Bonchev–Trinajstić information content (AvgIpc) is 3.48. The highest BCUT2D eigenvalue weighted by molar-refractivity contribution is 7.99. The van der Waals surface area contributed by atoms with Crippen LogP contribution in [0.15, 0.2) is 84.0 Å². The van der Waals surface area contributed by atoms with Crippen LogP contribution < -0.4 is 9.64 Å². The summed E-state index contributed by atoms with van der Waals surface area (Å²) >= 11 is 1.41. The summed E-state index contributed by atoms with van der Waals surface area (Å²) in [5, 5.41) is 9.59. The van der Waals surface area contributed by atoms with Gasteiger partial charge in [0.05, 0.1) is 12.4 Å². The summed E-state index contributed by atoms with van der Waals surface area (Å²) in [4.78, 5) is 14.9. The number of hydrogen-bond donors (Lipinski definition) is 0. The first-order valence-electron chi connectivity index (χ1n) is 11.0. The molecule has 0 spiro atoms. The van der Waals surface area contributed by atoms with Crippen molar-refractivity contribution in [2.75, 3.05) is 23.8 Å². The first-order chi connectivity index (χ1) is 16.2. The molecule has 7 heteroatoms. The van der Waals surface area contributed by atoms with Crippen LogP contribution in [0.5, 0.6) is 5.75 Å². The average molecular weight is 457 g/mol. The molecule has 0 fully saturated rings. The van der Waals surface area contributed by atoms with Crippen LogP contribution in [-0.2, 0) is 11.2 Å². The van der Waals surface area contributed by atoms with Crippen LogP contribution in [0.3, 0.4) is 0 Å². The molecule has 2 heterocycles. The molecule has 0 aliphatic carbocycles. The Morgan fingerprint density at radius 3 is 2.52 bits per heavy atom. The normalized spacial score (nSPS) is 12.6. The van der Waals surface area contributed by atoms with Crippen LogP contribution in [-0.4, -0.2) is 39.6 Å². The number of rotatable bonds is 7. The Labute approximate surface area is 197 Å². The van der Waals surface area contributed by atoms with Crippen molar-refractivity contribution in [1.29, 1.82) is 0 Å². The Morgan fingerprint density at radius 1 is 0.970 bits per heavy atom. The van der Waals surface area contributed by atoms with Crippen molar-refractivity contribution in [3.63, 3.8) is 0 Å². The van der Waals surface area contributed by atoms with Gasteiger partial charge in [-0.15, -0.1) is 10.2 Å². The van der Waals surface area contributed by atoms with Gasteiger partial charge in [-0.1, -0.05) is 60.3 Å². The number of para-hydroxylation sites is 1. The third-order valence-electron chi connectivity index (χ3n) is 5.58. The summed E-state index contributed by atoms with van der Waals surface area (Å²) in [6, 6.07) is 25.9. The van der Waals surface area contributed by atoms with Crippen LogP contribution in [0, 0.1) is 0 Å². The highest BCUT2D eigenvalue weighted by atomic mass is 32.2. The van der Waals surface area contributed by atoms with Gasteiger partial charge in [0, 0.05) is 23.5 Å². The van der Waals surface area contributed by atoms with E-state index < -0.39 is 0 Å². The van der Waals surface area contributed by atoms with E-state index in [1.807, 2.05) is 89.2 Å². The fourth-order valence-corrected chi connectivity index (χ4v) is 4.86. The van der Waals surface area contributed by atoms with E-state index >= 15 is 0 Å². The number of benzene rings is 3. The minimum Gasteiger partial charge on any atom is -0.494 e. The van der Waals surface area contributed by atoms with Gasteiger partial charge in [0.1, 0.15) is 5.75 Å². The molecule has 1 aromatic heterocycles. The number of aromatic nitrogens is 3. The van der Waals surface area contributed by atoms with Gasteiger partial charge in [-0.3, -0.25) is 9.36 Å². The molecule has 0 bridgehead atoms. The van der Waals surface area contributed by atoms with Crippen LogP contribution in [0.25, 0.3) is 17.1 Å². The zero-order chi connectivity index (χ0) is 22.6. The van der Waals surface area contributed by atoms with E-state index in [9.17, 15) is 4.79 Å². The van der Waals surface area contributed by atoms with Crippen LogP contribution in [0.1, 0.15) is 12.5 Å². The van der Waals surface area contributed by atoms with E-state index in [0.717, 1.165) is 41.5 Å². The predicted molar refractivity (Wildman–Crippen MR) is 131 cm³/mol. The third-order valence-corrected chi connectivity index (χ3v) is 6.50. The van der Waals surface area contributed by atoms with Crippen molar-refractivity contribution in [2.24, 2.45) is 0 Å². The molecule has 0 radical (unpaired) electrons. The van der Waals surface area contributed by atoms with E-state index in [1.165, 1.54) is 17.3 Å². The zero-order valence-corrected chi connectivity index (χ0v) is 19.2. The Morgan fingerprint density at radius 2 is 1.73 bits per heavy atom. The van der Waals surface area contributed by atoms with Gasteiger partial charge in [0.2, 0.25) is 5.91 Å². The molecule has 6 nitrogen and oxygen atoms in total. The zero-order valence-electron chi connectivity index (χ0n) is 18.3. The standard InChI is InChI=1S/C26H24N4O2S/c1-2-32-22-14-12-21(13-15-22)30-25(20-9-4-3-5-10-20)27-28-26(30)33-18-24(31)29-17-16-19-8-6-7-11-23(19)29/h3-15H,2,16-18H2,1H3. The summed E-state index contributed by atoms with van der Waals surface area (Å²) in [5.74, 6) is 1.92. The van der Waals surface area contributed by atoms with Gasteiger partial charge in [0.25, 0.3) is 0 Å². The van der Waals surface area contributed by atoms with Gasteiger partial charge in [-0.25, -0.2) is 0 Å². The second-order valence-corrected chi connectivity index (χ2v) is 8.59. The summed E-state index contributed by atoms with van der Waals surface area (Å²) in [7, 11) is 0. The van der Waals surface area contributed by atoms with E-state index in [0.29, 0.717) is 11.8 Å². The first kappa shape index (κ1) is 21.3. The Hall–Kier alpha value is -3.58. The summed E-state index contributed by atoms with van der Waals surface area (Å²) in [6.07, 6.45) is 0.896. The molecule has 166 valence electrons. The van der Waals surface area contributed by atoms with E-state index in [4.69, 9.17) is 4.74 Å². The quantitative estimate of drug-likeness (QED) is 0.366. The number of amides is 1. The number of anilines is 1. The van der Waals surface area contributed by atoms with Gasteiger partial charge in [0.15, 0.2) is 11.0 Å². The molecule has 1 amide bonds. The smallest absolute Gasteiger partial charge is 0.237 e. The van der Waals surface area contributed by atoms with Crippen LogP contribution in [0.2, 0.25) is 0 Å². The van der Waals surface area contributed by atoms with Crippen LogP contribution >= 0.6 is 11.8 Å². The van der Waals surface area contributed by atoms with E-state index in [1.54, 1.807) is 0 Å². The second-order valence-electron chi connectivity index (χ2n) is 7.65. The van der Waals surface area contributed by atoms with Gasteiger partial charge >= 0.3 is 0 Å². The third kappa shape index (κ3) is 4.36. The van der Waals surface area contributed by atoms with Crippen molar-refractivity contribution in [3.8, 4) is 22.8 Å². The maximum absolute atomic E-state index is 13.1. The lowest BCUT2D eigenvalue weighted by atomic mass is 10.2. The largest absolute Gasteiger partial charge is 0.494 e. The van der Waals surface area contributed by atoms with E-state index in [2.05, 4.69) is 16.3 Å². The lowest BCUT2D eigenvalue weighted by Gasteiger charge is -2.17. The Bertz CT molecular complexity index is 1260. The molecule has 1 aliphatic heterocycles.